The predicted molar refractivity (Wildman–Crippen MR) is 51.2 cm³/mol. The molecule has 2 heterocycles. The van der Waals surface area contributed by atoms with Gasteiger partial charge in [-0.15, -0.1) is 0 Å². The first kappa shape index (κ1) is 9.64. The molecule has 0 bridgehead atoms. The quantitative estimate of drug-likeness (QED) is 0.721. The summed E-state index contributed by atoms with van der Waals surface area (Å²) in [5.74, 6) is -1.62. The summed E-state index contributed by atoms with van der Waals surface area (Å²) in [5.41, 5.74) is 0.642. The van der Waals surface area contributed by atoms with Crippen molar-refractivity contribution in [2.24, 2.45) is 0 Å². The van der Waals surface area contributed by atoms with Crippen LogP contribution in [0.25, 0.3) is 0 Å². The van der Waals surface area contributed by atoms with Crippen LogP contribution in [0.1, 0.15) is 18.0 Å². The molecule has 1 aromatic rings. The highest BCUT2D eigenvalue weighted by Gasteiger charge is 2.38. The van der Waals surface area contributed by atoms with Gasteiger partial charge in [0.15, 0.2) is 0 Å². The van der Waals surface area contributed by atoms with Crippen molar-refractivity contribution in [1.82, 2.24) is 10.3 Å². The summed E-state index contributed by atoms with van der Waals surface area (Å²) in [6.45, 7) is 0. The van der Waals surface area contributed by atoms with E-state index in [4.69, 9.17) is 5.11 Å². The first-order chi connectivity index (χ1) is 7.18. The molecule has 2 N–H and O–H groups in total. The second kappa shape index (κ2) is 3.68. The Morgan fingerprint density at radius 2 is 2.33 bits per heavy atom. The molecule has 5 heteroatoms. The van der Waals surface area contributed by atoms with E-state index < -0.39 is 12.0 Å². The number of aromatic nitrogens is 1. The van der Waals surface area contributed by atoms with Gasteiger partial charge >= 0.3 is 5.97 Å². The minimum absolute atomic E-state index is 0.188. The largest absolute Gasteiger partial charge is 0.480 e. The normalized spacial score (nSPS) is 24.9. The number of amides is 1. The van der Waals surface area contributed by atoms with Crippen molar-refractivity contribution in [3.8, 4) is 0 Å². The lowest BCUT2D eigenvalue weighted by Gasteiger charge is -2.13. The molecule has 0 saturated carbocycles. The third-order valence-electron chi connectivity index (χ3n) is 2.46. The van der Waals surface area contributed by atoms with E-state index in [1.54, 1.807) is 24.4 Å². The monoisotopic (exact) mass is 206 g/mol. The molecule has 5 nitrogen and oxygen atoms in total. The number of nitrogens with zero attached hydrogens (tertiary/aromatic N) is 1. The fourth-order valence-electron chi connectivity index (χ4n) is 1.76. The molecule has 2 atom stereocenters. The van der Waals surface area contributed by atoms with Crippen molar-refractivity contribution in [1.29, 1.82) is 0 Å². The molecule has 1 aliphatic heterocycles. The van der Waals surface area contributed by atoms with Crippen LogP contribution in [0.2, 0.25) is 0 Å². The van der Waals surface area contributed by atoms with Crippen LogP contribution in [-0.4, -0.2) is 28.0 Å². The Morgan fingerprint density at radius 1 is 1.53 bits per heavy atom. The Labute approximate surface area is 86.1 Å². The predicted octanol–water partition coefficient (Wildman–Crippen LogP) is 0.138. The standard InChI is InChI=1S/C10H10N2O3/c13-8-5-6(9(12-8)10(14)15)7-3-1-2-4-11-7/h1-4,6,9H,5H2,(H,12,13)(H,14,15)/t6-,9+/m0/s1. The maximum Gasteiger partial charge on any atom is 0.326 e. The Kier molecular flexibility index (Phi) is 2.37. The van der Waals surface area contributed by atoms with Gasteiger partial charge in [0.2, 0.25) is 5.91 Å². The lowest BCUT2D eigenvalue weighted by Crippen LogP contribution is -2.36. The molecule has 0 spiro atoms. The molecule has 1 fully saturated rings. The number of aliphatic carboxylic acids is 1. The number of carbonyl (C=O) groups is 2. The molecular weight excluding hydrogens is 196 g/mol. The number of rotatable bonds is 2. The van der Waals surface area contributed by atoms with E-state index in [2.05, 4.69) is 10.3 Å². The first-order valence-corrected chi connectivity index (χ1v) is 4.61. The van der Waals surface area contributed by atoms with E-state index in [-0.39, 0.29) is 18.2 Å². The van der Waals surface area contributed by atoms with Crippen LogP contribution in [0.15, 0.2) is 24.4 Å². The van der Waals surface area contributed by atoms with E-state index in [0.29, 0.717) is 5.69 Å². The molecule has 0 aromatic carbocycles. The second-order valence-corrected chi connectivity index (χ2v) is 3.45. The van der Waals surface area contributed by atoms with Crippen LogP contribution in [0.5, 0.6) is 0 Å². The molecule has 0 unspecified atom stereocenters. The zero-order chi connectivity index (χ0) is 10.8. The van der Waals surface area contributed by atoms with Gasteiger partial charge in [-0.25, -0.2) is 4.79 Å². The topological polar surface area (TPSA) is 79.3 Å². The summed E-state index contributed by atoms with van der Waals surface area (Å²) in [6.07, 6.45) is 1.78. The number of hydrogen-bond acceptors (Lipinski definition) is 3. The number of carboxylic acids is 1. The Balaban J connectivity index is 2.28. The van der Waals surface area contributed by atoms with Gasteiger partial charge in [0.25, 0.3) is 0 Å². The number of pyridine rings is 1. The van der Waals surface area contributed by atoms with E-state index in [9.17, 15) is 9.59 Å². The fourth-order valence-corrected chi connectivity index (χ4v) is 1.76. The van der Waals surface area contributed by atoms with E-state index >= 15 is 0 Å². The molecule has 1 aliphatic rings. The summed E-state index contributed by atoms with van der Waals surface area (Å²) in [5, 5.41) is 11.3. The highest BCUT2D eigenvalue weighted by Crippen LogP contribution is 2.26. The molecule has 2 rings (SSSR count). The van der Waals surface area contributed by atoms with Crippen LogP contribution in [0.3, 0.4) is 0 Å². The van der Waals surface area contributed by atoms with Crippen LogP contribution < -0.4 is 5.32 Å². The van der Waals surface area contributed by atoms with Crippen LogP contribution in [-0.2, 0) is 9.59 Å². The third kappa shape index (κ3) is 1.81. The van der Waals surface area contributed by atoms with Gasteiger partial charge in [0.1, 0.15) is 6.04 Å². The number of hydrogen-bond donors (Lipinski definition) is 2. The second-order valence-electron chi connectivity index (χ2n) is 3.45. The highest BCUT2D eigenvalue weighted by molar-refractivity contribution is 5.89. The average molecular weight is 206 g/mol. The van der Waals surface area contributed by atoms with Crippen LogP contribution in [0.4, 0.5) is 0 Å². The maximum absolute atomic E-state index is 11.1. The first-order valence-electron chi connectivity index (χ1n) is 4.61. The average Bonchev–Trinajstić information content (AvgIpc) is 2.62. The van der Waals surface area contributed by atoms with Crippen molar-refractivity contribution in [2.45, 2.75) is 18.4 Å². The van der Waals surface area contributed by atoms with Gasteiger partial charge in [0, 0.05) is 24.2 Å². The molecule has 15 heavy (non-hydrogen) atoms. The van der Waals surface area contributed by atoms with Gasteiger partial charge in [-0.05, 0) is 12.1 Å². The van der Waals surface area contributed by atoms with Crippen molar-refractivity contribution < 1.29 is 14.7 Å². The number of carboxylic acid groups (broad SMARTS) is 1. The summed E-state index contributed by atoms with van der Waals surface area (Å²) < 4.78 is 0. The molecule has 78 valence electrons. The van der Waals surface area contributed by atoms with Crippen molar-refractivity contribution in [3.63, 3.8) is 0 Å². The van der Waals surface area contributed by atoms with E-state index in [1.807, 2.05) is 0 Å². The molecule has 1 aromatic heterocycles. The van der Waals surface area contributed by atoms with Gasteiger partial charge in [-0.1, -0.05) is 6.07 Å². The smallest absolute Gasteiger partial charge is 0.326 e. The van der Waals surface area contributed by atoms with Gasteiger partial charge in [-0.2, -0.15) is 0 Å². The number of nitrogens with one attached hydrogen (secondary N) is 1. The summed E-state index contributed by atoms with van der Waals surface area (Å²) in [6, 6.07) is 4.42. The Morgan fingerprint density at radius 3 is 2.93 bits per heavy atom. The highest BCUT2D eigenvalue weighted by atomic mass is 16.4. The van der Waals surface area contributed by atoms with Crippen LogP contribution >= 0.6 is 0 Å². The fraction of sp³-hybridized carbons (Fsp3) is 0.300. The molecule has 0 radical (unpaired) electrons. The summed E-state index contributed by atoms with van der Waals surface area (Å²) in [4.78, 5) is 26.1. The lowest BCUT2D eigenvalue weighted by molar-refractivity contribution is -0.140. The minimum atomic E-state index is -1.02. The summed E-state index contributed by atoms with van der Waals surface area (Å²) in [7, 11) is 0. The van der Waals surface area contributed by atoms with Gasteiger partial charge in [-0.3, -0.25) is 9.78 Å². The molecule has 1 saturated heterocycles. The Hall–Kier alpha value is -1.91. The zero-order valence-electron chi connectivity index (χ0n) is 7.88. The minimum Gasteiger partial charge on any atom is -0.480 e. The van der Waals surface area contributed by atoms with Crippen molar-refractivity contribution >= 4 is 11.9 Å². The van der Waals surface area contributed by atoms with Crippen molar-refractivity contribution in [2.75, 3.05) is 0 Å². The van der Waals surface area contributed by atoms with E-state index in [0.717, 1.165) is 0 Å². The zero-order valence-corrected chi connectivity index (χ0v) is 7.88. The van der Waals surface area contributed by atoms with Crippen LogP contribution in [0, 0.1) is 0 Å². The summed E-state index contributed by atoms with van der Waals surface area (Å²) >= 11 is 0. The molecular formula is C10H10N2O3. The number of carbonyl (C=O) groups excluding carboxylic acids is 1. The van der Waals surface area contributed by atoms with Gasteiger partial charge in [0.05, 0.1) is 0 Å². The third-order valence-corrected chi connectivity index (χ3v) is 2.46. The van der Waals surface area contributed by atoms with Crippen molar-refractivity contribution in [3.05, 3.63) is 30.1 Å². The SMILES string of the molecule is O=C1C[C@@H](c2ccccn2)[C@H](C(=O)O)N1. The lowest BCUT2D eigenvalue weighted by atomic mass is 9.96. The molecule has 1 amide bonds. The Bertz CT molecular complexity index is 391. The maximum atomic E-state index is 11.1. The van der Waals surface area contributed by atoms with Gasteiger partial charge < -0.3 is 10.4 Å². The molecule has 0 aliphatic carbocycles. The van der Waals surface area contributed by atoms with E-state index in [1.165, 1.54) is 0 Å².